The Morgan fingerprint density at radius 3 is 2.08 bits per heavy atom. The highest BCUT2D eigenvalue weighted by atomic mass is 16.5. The molecule has 0 saturated carbocycles. The minimum absolute atomic E-state index is 0.137. The molecule has 0 spiro atoms. The van der Waals surface area contributed by atoms with Crippen LogP contribution in [0.1, 0.15) is 43.0 Å². The van der Waals surface area contributed by atoms with Crippen molar-refractivity contribution in [1.82, 2.24) is 5.32 Å². The van der Waals surface area contributed by atoms with Crippen molar-refractivity contribution in [3.8, 4) is 0 Å². The van der Waals surface area contributed by atoms with E-state index in [9.17, 15) is 5.11 Å². The third-order valence-electron chi connectivity index (χ3n) is 4.46. The summed E-state index contributed by atoms with van der Waals surface area (Å²) in [6.45, 7) is 3.11. The molecule has 0 aliphatic heterocycles. The number of rotatable bonds is 10. The molecular formula is C21H29NO2. The molecule has 0 aromatic heterocycles. The minimum Gasteiger partial charge on any atom is -0.396 e. The summed E-state index contributed by atoms with van der Waals surface area (Å²) in [5.41, 5.74) is 2.51. The molecule has 130 valence electrons. The number of hydrogen-bond acceptors (Lipinski definition) is 3. The highest BCUT2D eigenvalue weighted by Crippen LogP contribution is 2.29. The van der Waals surface area contributed by atoms with Crippen LogP contribution in [0.3, 0.4) is 0 Å². The molecule has 3 nitrogen and oxygen atoms in total. The fourth-order valence-corrected chi connectivity index (χ4v) is 3.14. The first-order chi connectivity index (χ1) is 11.8. The summed E-state index contributed by atoms with van der Waals surface area (Å²) in [7, 11) is 1.74. The van der Waals surface area contributed by atoms with Gasteiger partial charge in [0.2, 0.25) is 0 Å². The molecule has 0 amide bonds. The number of methoxy groups -OCH3 is 1. The second kappa shape index (κ2) is 10.2. The van der Waals surface area contributed by atoms with E-state index in [0.29, 0.717) is 12.5 Å². The molecule has 2 N–H and O–H groups in total. The van der Waals surface area contributed by atoms with E-state index in [4.69, 9.17) is 4.74 Å². The Hall–Kier alpha value is -1.68. The average molecular weight is 327 g/mol. The molecule has 0 radical (unpaired) electrons. The summed E-state index contributed by atoms with van der Waals surface area (Å²) in [6, 6.07) is 21.3. The van der Waals surface area contributed by atoms with Gasteiger partial charge in [0.05, 0.1) is 12.6 Å². The van der Waals surface area contributed by atoms with Gasteiger partial charge in [-0.2, -0.15) is 0 Å². The van der Waals surface area contributed by atoms with Crippen molar-refractivity contribution >= 4 is 0 Å². The molecule has 0 aliphatic carbocycles. The summed E-state index contributed by atoms with van der Waals surface area (Å²) in [6.07, 6.45) is 1.81. The van der Waals surface area contributed by atoms with Crippen molar-refractivity contribution in [2.24, 2.45) is 5.92 Å². The lowest BCUT2D eigenvalue weighted by Crippen LogP contribution is -2.33. The van der Waals surface area contributed by atoms with Gasteiger partial charge in [-0.1, -0.05) is 67.6 Å². The first kappa shape index (κ1) is 18.7. The number of aliphatic hydroxyl groups excluding tert-OH is 1. The SMILES string of the molecule is COC[C@H](N[C@@H](c1ccccc1)[C@H](C)CCCO)c1ccccc1. The number of hydrogen-bond donors (Lipinski definition) is 2. The molecule has 3 heteroatoms. The number of ether oxygens (including phenoxy) is 1. The van der Waals surface area contributed by atoms with Crippen LogP contribution in [0.2, 0.25) is 0 Å². The molecule has 24 heavy (non-hydrogen) atoms. The van der Waals surface area contributed by atoms with Crippen molar-refractivity contribution in [2.75, 3.05) is 20.3 Å². The van der Waals surface area contributed by atoms with Crippen LogP contribution < -0.4 is 5.32 Å². The zero-order valence-electron chi connectivity index (χ0n) is 14.7. The van der Waals surface area contributed by atoms with Crippen LogP contribution in [0.25, 0.3) is 0 Å². The highest BCUT2D eigenvalue weighted by molar-refractivity contribution is 5.23. The van der Waals surface area contributed by atoms with E-state index in [2.05, 4.69) is 60.8 Å². The highest BCUT2D eigenvalue weighted by Gasteiger charge is 2.23. The van der Waals surface area contributed by atoms with E-state index in [-0.39, 0.29) is 18.7 Å². The first-order valence-electron chi connectivity index (χ1n) is 8.72. The van der Waals surface area contributed by atoms with Gasteiger partial charge in [0, 0.05) is 19.8 Å². The molecule has 0 fully saturated rings. The van der Waals surface area contributed by atoms with Gasteiger partial charge in [-0.3, -0.25) is 0 Å². The molecule has 0 heterocycles. The largest absolute Gasteiger partial charge is 0.396 e. The van der Waals surface area contributed by atoms with Gasteiger partial charge in [-0.05, 0) is 29.9 Å². The predicted molar refractivity (Wildman–Crippen MR) is 98.9 cm³/mol. The Morgan fingerprint density at radius 2 is 1.54 bits per heavy atom. The normalized spacial score (nSPS) is 15.0. The van der Waals surface area contributed by atoms with Crippen molar-refractivity contribution in [3.05, 3.63) is 71.8 Å². The first-order valence-corrected chi connectivity index (χ1v) is 8.72. The third kappa shape index (κ3) is 5.45. The molecule has 0 aliphatic rings. The quantitative estimate of drug-likeness (QED) is 0.690. The van der Waals surface area contributed by atoms with Crippen molar-refractivity contribution in [1.29, 1.82) is 0 Å². The maximum Gasteiger partial charge on any atom is 0.0657 e. The van der Waals surface area contributed by atoms with Crippen LogP contribution in [0.15, 0.2) is 60.7 Å². The van der Waals surface area contributed by atoms with E-state index in [0.717, 1.165) is 12.8 Å². The minimum atomic E-state index is 0.137. The molecule has 0 bridgehead atoms. The van der Waals surface area contributed by atoms with Crippen LogP contribution in [0, 0.1) is 5.92 Å². The maximum atomic E-state index is 9.17. The summed E-state index contributed by atoms with van der Waals surface area (Å²) in [5, 5.41) is 13.0. The van der Waals surface area contributed by atoms with Gasteiger partial charge in [-0.15, -0.1) is 0 Å². The summed E-state index contributed by atoms with van der Waals surface area (Å²) in [5.74, 6) is 0.419. The maximum absolute atomic E-state index is 9.17. The Labute approximate surface area is 145 Å². The molecule has 2 rings (SSSR count). The van der Waals surface area contributed by atoms with Gasteiger partial charge in [0.15, 0.2) is 0 Å². The smallest absolute Gasteiger partial charge is 0.0657 e. The molecule has 2 aromatic rings. The number of nitrogens with one attached hydrogen (secondary N) is 1. The predicted octanol–water partition coefficient (Wildman–Crippen LogP) is 4.11. The Morgan fingerprint density at radius 1 is 0.958 bits per heavy atom. The van der Waals surface area contributed by atoms with Crippen LogP contribution in [-0.2, 0) is 4.74 Å². The van der Waals surface area contributed by atoms with E-state index >= 15 is 0 Å². The summed E-state index contributed by atoms with van der Waals surface area (Å²) >= 11 is 0. The zero-order chi connectivity index (χ0) is 17.2. The number of aliphatic hydroxyl groups is 1. The molecular weight excluding hydrogens is 298 g/mol. The van der Waals surface area contributed by atoms with Crippen LogP contribution in [0.5, 0.6) is 0 Å². The van der Waals surface area contributed by atoms with Gasteiger partial charge < -0.3 is 15.2 Å². The van der Waals surface area contributed by atoms with Crippen molar-refractivity contribution in [3.63, 3.8) is 0 Å². The summed E-state index contributed by atoms with van der Waals surface area (Å²) < 4.78 is 5.45. The lowest BCUT2D eigenvalue weighted by Gasteiger charge is -2.30. The fraction of sp³-hybridized carbons (Fsp3) is 0.429. The van der Waals surface area contributed by atoms with Crippen molar-refractivity contribution < 1.29 is 9.84 Å². The molecule has 3 atom stereocenters. The molecule has 2 aromatic carbocycles. The topological polar surface area (TPSA) is 41.5 Å². The van der Waals surface area contributed by atoms with E-state index in [1.807, 2.05) is 12.1 Å². The van der Waals surface area contributed by atoms with Gasteiger partial charge in [0.1, 0.15) is 0 Å². The standard InChI is InChI=1S/C21H29NO2/c1-17(10-9-15-23)21(19-13-7-4-8-14-19)22-20(16-24-2)18-11-5-3-6-12-18/h3-8,11-14,17,20-23H,9-10,15-16H2,1-2H3/t17-,20+,21-/m1/s1. The van der Waals surface area contributed by atoms with E-state index in [1.165, 1.54) is 11.1 Å². The Kier molecular flexibility index (Phi) is 7.96. The summed E-state index contributed by atoms with van der Waals surface area (Å²) in [4.78, 5) is 0. The van der Waals surface area contributed by atoms with Gasteiger partial charge >= 0.3 is 0 Å². The monoisotopic (exact) mass is 327 g/mol. The van der Waals surface area contributed by atoms with Gasteiger partial charge in [0.25, 0.3) is 0 Å². The molecule has 0 saturated heterocycles. The van der Waals surface area contributed by atoms with Crippen LogP contribution >= 0.6 is 0 Å². The average Bonchev–Trinajstić information content (AvgIpc) is 2.64. The second-order valence-corrected chi connectivity index (χ2v) is 6.32. The number of benzene rings is 2. The lowest BCUT2D eigenvalue weighted by atomic mass is 9.89. The fourth-order valence-electron chi connectivity index (χ4n) is 3.14. The Balaban J connectivity index is 2.21. The van der Waals surface area contributed by atoms with Crippen LogP contribution in [-0.4, -0.2) is 25.4 Å². The lowest BCUT2D eigenvalue weighted by molar-refractivity contribution is 0.152. The van der Waals surface area contributed by atoms with E-state index in [1.54, 1.807) is 7.11 Å². The Bertz CT molecular complexity index is 559. The van der Waals surface area contributed by atoms with Gasteiger partial charge in [-0.25, -0.2) is 0 Å². The van der Waals surface area contributed by atoms with E-state index < -0.39 is 0 Å². The van der Waals surface area contributed by atoms with Crippen LogP contribution in [0.4, 0.5) is 0 Å². The second-order valence-electron chi connectivity index (χ2n) is 6.32. The zero-order valence-corrected chi connectivity index (χ0v) is 14.7. The van der Waals surface area contributed by atoms with Crippen molar-refractivity contribution in [2.45, 2.75) is 31.8 Å². The molecule has 0 unspecified atom stereocenters. The third-order valence-corrected chi connectivity index (χ3v) is 4.46.